The number of fused-ring (bicyclic) bond motifs is 3. The summed E-state index contributed by atoms with van der Waals surface area (Å²) >= 11 is 0. The van der Waals surface area contributed by atoms with Gasteiger partial charge in [0.2, 0.25) is 0 Å². The third kappa shape index (κ3) is 2.08. The Morgan fingerprint density at radius 2 is 1.86 bits per heavy atom. The van der Waals surface area contributed by atoms with E-state index in [-0.39, 0.29) is 17.7 Å². The molecule has 0 aromatic heterocycles. The second kappa shape index (κ2) is 4.76. The zero-order chi connectivity index (χ0) is 14.4. The molecule has 2 aromatic rings. The first-order valence-corrected chi connectivity index (χ1v) is 7.47. The van der Waals surface area contributed by atoms with Crippen LogP contribution in [-0.4, -0.2) is 5.11 Å². The van der Waals surface area contributed by atoms with Gasteiger partial charge < -0.3 is 9.84 Å². The van der Waals surface area contributed by atoms with Crippen molar-refractivity contribution in [2.24, 2.45) is 5.92 Å². The molecule has 1 fully saturated rings. The quantitative estimate of drug-likeness (QED) is 0.832. The summed E-state index contributed by atoms with van der Waals surface area (Å²) in [5.41, 5.74) is 2.10. The van der Waals surface area contributed by atoms with Crippen molar-refractivity contribution < 1.29 is 14.2 Å². The number of phenolic OH excluding ortho intramolecular Hbond substituents is 1. The van der Waals surface area contributed by atoms with Gasteiger partial charge >= 0.3 is 0 Å². The molecule has 0 radical (unpaired) electrons. The van der Waals surface area contributed by atoms with Gasteiger partial charge in [0, 0.05) is 11.5 Å². The molecular weight excluding hydrogens is 267 g/mol. The van der Waals surface area contributed by atoms with Crippen molar-refractivity contribution >= 4 is 0 Å². The van der Waals surface area contributed by atoms with Crippen LogP contribution in [-0.2, 0) is 0 Å². The van der Waals surface area contributed by atoms with Crippen LogP contribution < -0.4 is 4.74 Å². The summed E-state index contributed by atoms with van der Waals surface area (Å²) in [6, 6.07) is 12.1. The SMILES string of the molecule is Oc1ccc(C2Oc3ccc(F)cc3C3CCCC32)cc1. The maximum Gasteiger partial charge on any atom is 0.127 e. The van der Waals surface area contributed by atoms with Gasteiger partial charge in [0.1, 0.15) is 23.4 Å². The molecule has 21 heavy (non-hydrogen) atoms. The lowest BCUT2D eigenvalue weighted by atomic mass is 9.80. The van der Waals surface area contributed by atoms with Gasteiger partial charge in [0.15, 0.2) is 0 Å². The molecule has 1 N–H and O–H groups in total. The van der Waals surface area contributed by atoms with Crippen molar-refractivity contribution in [3.63, 3.8) is 0 Å². The minimum atomic E-state index is -0.189. The standard InChI is InChI=1S/C18H17FO2/c19-12-6-9-17-16(10-12)14-2-1-3-15(14)18(21-17)11-4-7-13(20)8-5-11/h4-10,14-15,18,20H,1-3H2. The number of ether oxygens (including phenoxy) is 1. The molecule has 3 atom stereocenters. The van der Waals surface area contributed by atoms with E-state index >= 15 is 0 Å². The van der Waals surface area contributed by atoms with E-state index < -0.39 is 0 Å². The Hall–Kier alpha value is -2.03. The number of hydrogen-bond donors (Lipinski definition) is 1. The Morgan fingerprint density at radius 1 is 1.05 bits per heavy atom. The normalized spacial score (nSPS) is 26.8. The molecule has 0 bridgehead atoms. The van der Waals surface area contributed by atoms with E-state index in [4.69, 9.17) is 4.74 Å². The summed E-state index contributed by atoms with van der Waals surface area (Å²) in [6.45, 7) is 0. The highest BCUT2D eigenvalue weighted by atomic mass is 19.1. The summed E-state index contributed by atoms with van der Waals surface area (Å²) in [7, 11) is 0. The molecule has 4 rings (SSSR count). The summed E-state index contributed by atoms with van der Waals surface area (Å²) in [5.74, 6) is 1.65. The van der Waals surface area contributed by atoms with E-state index in [0.29, 0.717) is 11.8 Å². The second-order valence-electron chi connectivity index (χ2n) is 6.01. The van der Waals surface area contributed by atoms with Gasteiger partial charge in [-0.1, -0.05) is 18.6 Å². The molecule has 3 unspecified atom stereocenters. The zero-order valence-corrected chi connectivity index (χ0v) is 11.6. The summed E-state index contributed by atoms with van der Waals surface area (Å²) < 4.78 is 19.7. The molecule has 0 saturated heterocycles. The third-order valence-electron chi connectivity index (χ3n) is 4.81. The Kier molecular flexibility index (Phi) is 2.88. The van der Waals surface area contributed by atoms with Crippen molar-refractivity contribution in [2.75, 3.05) is 0 Å². The average Bonchev–Trinajstić information content (AvgIpc) is 2.97. The number of halogens is 1. The molecular formula is C18H17FO2. The zero-order valence-electron chi connectivity index (χ0n) is 11.6. The lowest BCUT2D eigenvalue weighted by Crippen LogP contribution is -2.26. The van der Waals surface area contributed by atoms with Crippen LogP contribution in [0.4, 0.5) is 4.39 Å². The van der Waals surface area contributed by atoms with Crippen molar-refractivity contribution in [3.05, 3.63) is 59.4 Å². The predicted molar refractivity (Wildman–Crippen MR) is 78.0 cm³/mol. The Morgan fingerprint density at radius 3 is 2.67 bits per heavy atom. The topological polar surface area (TPSA) is 29.5 Å². The van der Waals surface area contributed by atoms with E-state index in [0.717, 1.165) is 36.1 Å². The van der Waals surface area contributed by atoms with Crippen molar-refractivity contribution in [1.29, 1.82) is 0 Å². The van der Waals surface area contributed by atoms with Crippen molar-refractivity contribution in [3.8, 4) is 11.5 Å². The molecule has 3 heteroatoms. The lowest BCUT2D eigenvalue weighted by molar-refractivity contribution is 0.104. The fourth-order valence-electron chi connectivity index (χ4n) is 3.86. The number of benzene rings is 2. The fourth-order valence-corrected chi connectivity index (χ4v) is 3.86. The third-order valence-corrected chi connectivity index (χ3v) is 4.81. The number of phenols is 1. The summed E-state index contributed by atoms with van der Waals surface area (Å²) in [5, 5.41) is 9.45. The largest absolute Gasteiger partial charge is 0.508 e. The predicted octanol–water partition coefficient (Wildman–Crippen LogP) is 4.55. The molecule has 1 aliphatic carbocycles. The first-order chi connectivity index (χ1) is 10.2. The van der Waals surface area contributed by atoms with Gasteiger partial charge in [-0.3, -0.25) is 0 Å². The van der Waals surface area contributed by atoms with Crippen LogP contribution in [0.3, 0.4) is 0 Å². The van der Waals surface area contributed by atoms with Gasteiger partial charge in [0.05, 0.1) is 0 Å². The van der Waals surface area contributed by atoms with Crippen LogP contribution in [0.5, 0.6) is 11.5 Å². The van der Waals surface area contributed by atoms with E-state index in [1.165, 1.54) is 6.07 Å². The summed E-state index contributed by atoms with van der Waals surface area (Å²) in [4.78, 5) is 0. The van der Waals surface area contributed by atoms with Crippen LogP contribution in [0.15, 0.2) is 42.5 Å². The van der Waals surface area contributed by atoms with Gasteiger partial charge in [-0.25, -0.2) is 4.39 Å². The minimum absolute atomic E-state index is 0.00365. The Labute approximate surface area is 123 Å². The molecule has 0 spiro atoms. The van der Waals surface area contributed by atoms with Crippen LogP contribution in [0.2, 0.25) is 0 Å². The molecule has 2 aliphatic rings. The maximum atomic E-state index is 13.5. The van der Waals surface area contributed by atoms with Crippen LogP contribution in [0, 0.1) is 11.7 Å². The molecule has 1 saturated carbocycles. The monoisotopic (exact) mass is 284 g/mol. The maximum absolute atomic E-state index is 13.5. The van der Waals surface area contributed by atoms with E-state index in [9.17, 15) is 9.50 Å². The molecule has 2 aromatic carbocycles. The molecule has 108 valence electrons. The van der Waals surface area contributed by atoms with Gasteiger partial charge in [-0.05, 0) is 54.7 Å². The molecule has 2 nitrogen and oxygen atoms in total. The van der Waals surface area contributed by atoms with Gasteiger partial charge in [-0.2, -0.15) is 0 Å². The fraction of sp³-hybridized carbons (Fsp3) is 0.333. The Balaban J connectivity index is 1.77. The average molecular weight is 284 g/mol. The van der Waals surface area contributed by atoms with Crippen LogP contribution in [0.1, 0.15) is 42.4 Å². The minimum Gasteiger partial charge on any atom is -0.508 e. The molecule has 0 amide bonds. The molecule has 1 aliphatic heterocycles. The number of aromatic hydroxyl groups is 1. The van der Waals surface area contributed by atoms with Crippen LogP contribution in [0.25, 0.3) is 0 Å². The van der Waals surface area contributed by atoms with E-state index in [2.05, 4.69) is 0 Å². The number of hydrogen-bond acceptors (Lipinski definition) is 2. The first-order valence-electron chi connectivity index (χ1n) is 7.47. The lowest BCUT2D eigenvalue weighted by Gasteiger charge is -2.36. The highest BCUT2D eigenvalue weighted by Crippen LogP contribution is 2.53. The first kappa shape index (κ1) is 12.7. The van der Waals surface area contributed by atoms with E-state index in [1.54, 1.807) is 24.3 Å². The smallest absolute Gasteiger partial charge is 0.127 e. The van der Waals surface area contributed by atoms with Crippen LogP contribution >= 0.6 is 0 Å². The van der Waals surface area contributed by atoms with Crippen molar-refractivity contribution in [1.82, 2.24) is 0 Å². The number of rotatable bonds is 1. The van der Waals surface area contributed by atoms with E-state index in [1.807, 2.05) is 12.1 Å². The highest BCUT2D eigenvalue weighted by Gasteiger charge is 2.41. The van der Waals surface area contributed by atoms with Gasteiger partial charge in [-0.15, -0.1) is 0 Å². The summed E-state index contributed by atoms with van der Waals surface area (Å²) in [6.07, 6.45) is 3.35. The van der Waals surface area contributed by atoms with Gasteiger partial charge in [0.25, 0.3) is 0 Å². The molecule has 1 heterocycles. The van der Waals surface area contributed by atoms with Crippen molar-refractivity contribution in [2.45, 2.75) is 31.3 Å². The Bertz CT molecular complexity index is 665. The second-order valence-corrected chi connectivity index (χ2v) is 6.01. The highest BCUT2D eigenvalue weighted by molar-refractivity contribution is 5.42.